The Balaban J connectivity index is 2.38. The van der Waals surface area contributed by atoms with E-state index in [0.717, 1.165) is 19.3 Å². The molecule has 0 amide bonds. The molecular weight excluding hydrogens is 160 g/mol. The lowest BCUT2D eigenvalue weighted by Crippen LogP contribution is -2.34. The monoisotopic (exact) mass is 178 g/mol. The second kappa shape index (κ2) is 2.97. The van der Waals surface area contributed by atoms with Crippen molar-refractivity contribution < 1.29 is 4.79 Å². The van der Waals surface area contributed by atoms with Crippen LogP contribution >= 0.6 is 0 Å². The topological polar surface area (TPSA) is 17.1 Å². The van der Waals surface area contributed by atoms with Crippen molar-refractivity contribution in [1.29, 1.82) is 0 Å². The predicted molar refractivity (Wildman–Crippen MR) is 53.4 cm³/mol. The zero-order valence-electron chi connectivity index (χ0n) is 8.60. The smallest absolute Gasteiger partial charge is 0.145 e. The average molecular weight is 178 g/mol. The highest BCUT2D eigenvalue weighted by Crippen LogP contribution is 2.42. The molecule has 0 aromatic rings. The van der Waals surface area contributed by atoms with E-state index < -0.39 is 0 Å². The molecule has 0 aliphatic heterocycles. The lowest BCUT2D eigenvalue weighted by atomic mass is 9.71. The van der Waals surface area contributed by atoms with Crippen LogP contribution in [0.5, 0.6) is 0 Å². The van der Waals surface area contributed by atoms with E-state index in [-0.39, 0.29) is 5.41 Å². The summed E-state index contributed by atoms with van der Waals surface area (Å²) in [7, 11) is 0. The molecule has 0 N–H and O–H groups in total. The summed E-state index contributed by atoms with van der Waals surface area (Å²) < 4.78 is 0. The minimum Gasteiger partial charge on any atom is -0.298 e. The standard InChI is InChI=1S/C12H18O/c1-9-7-10-5-3-4-6-12(2,8-9)11(10)13/h8,10H,3-7H2,1-2H3/t10-,12+/m0/s1. The highest BCUT2D eigenvalue weighted by molar-refractivity contribution is 5.90. The van der Waals surface area contributed by atoms with Gasteiger partial charge in [-0.05, 0) is 33.1 Å². The first-order chi connectivity index (χ1) is 6.12. The summed E-state index contributed by atoms with van der Waals surface area (Å²) in [6.45, 7) is 4.29. The number of allylic oxidation sites excluding steroid dienone is 2. The third-order valence-electron chi connectivity index (χ3n) is 3.57. The third kappa shape index (κ3) is 1.45. The summed E-state index contributed by atoms with van der Waals surface area (Å²) in [5, 5.41) is 0. The van der Waals surface area contributed by atoms with E-state index in [1.54, 1.807) is 0 Å². The van der Waals surface area contributed by atoms with Gasteiger partial charge in [0.05, 0.1) is 0 Å². The van der Waals surface area contributed by atoms with E-state index in [1.807, 2.05) is 0 Å². The number of hydrogen-bond acceptors (Lipinski definition) is 1. The summed E-state index contributed by atoms with van der Waals surface area (Å²) in [5.74, 6) is 0.855. The Hall–Kier alpha value is -0.590. The van der Waals surface area contributed by atoms with Gasteiger partial charge in [0.2, 0.25) is 0 Å². The van der Waals surface area contributed by atoms with Crippen LogP contribution in [0.15, 0.2) is 11.6 Å². The van der Waals surface area contributed by atoms with Crippen molar-refractivity contribution in [3.63, 3.8) is 0 Å². The Morgan fingerprint density at radius 1 is 1.46 bits per heavy atom. The summed E-state index contributed by atoms with van der Waals surface area (Å²) in [5.41, 5.74) is 1.32. The van der Waals surface area contributed by atoms with E-state index in [9.17, 15) is 4.79 Å². The highest BCUT2D eigenvalue weighted by atomic mass is 16.1. The molecule has 0 radical (unpaired) electrons. The van der Waals surface area contributed by atoms with Crippen molar-refractivity contribution >= 4 is 5.78 Å². The molecule has 13 heavy (non-hydrogen) atoms. The van der Waals surface area contributed by atoms with Gasteiger partial charge in [-0.1, -0.05) is 24.5 Å². The number of hydrogen-bond donors (Lipinski definition) is 0. The van der Waals surface area contributed by atoms with Crippen LogP contribution in [-0.2, 0) is 4.79 Å². The quantitative estimate of drug-likeness (QED) is 0.521. The SMILES string of the molecule is CC1=C[C@@]2(C)CCCC[C@@H](C1)C2=O. The van der Waals surface area contributed by atoms with Crippen LogP contribution in [0.1, 0.15) is 46.0 Å². The van der Waals surface area contributed by atoms with Crippen molar-refractivity contribution in [1.82, 2.24) is 0 Å². The van der Waals surface area contributed by atoms with Crippen LogP contribution in [0.3, 0.4) is 0 Å². The van der Waals surface area contributed by atoms with Gasteiger partial charge in [0, 0.05) is 11.3 Å². The van der Waals surface area contributed by atoms with Crippen LogP contribution in [0.2, 0.25) is 0 Å². The van der Waals surface area contributed by atoms with Gasteiger partial charge in [-0.2, -0.15) is 0 Å². The molecule has 2 bridgehead atoms. The summed E-state index contributed by atoms with van der Waals surface area (Å²) in [6, 6.07) is 0. The van der Waals surface area contributed by atoms with Gasteiger partial charge in [0.15, 0.2) is 0 Å². The van der Waals surface area contributed by atoms with Crippen molar-refractivity contribution in [2.24, 2.45) is 11.3 Å². The molecule has 0 aromatic heterocycles. The second-order valence-electron chi connectivity index (χ2n) is 4.92. The number of carbonyl (C=O) groups excluding carboxylic acids is 1. The normalized spacial score (nSPS) is 39.7. The molecule has 0 saturated heterocycles. The molecule has 1 saturated carbocycles. The van der Waals surface area contributed by atoms with Gasteiger partial charge in [0.25, 0.3) is 0 Å². The van der Waals surface area contributed by atoms with E-state index in [2.05, 4.69) is 19.9 Å². The Morgan fingerprint density at radius 2 is 2.23 bits per heavy atom. The van der Waals surface area contributed by atoms with Gasteiger partial charge in [0.1, 0.15) is 5.78 Å². The number of ketones is 1. The lowest BCUT2D eigenvalue weighted by molar-refractivity contribution is -0.130. The molecule has 72 valence electrons. The lowest BCUT2D eigenvalue weighted by Gasteiger charge is -2.31. The van der Waals surface area contributed by atoms with Crippen molar-refractivity contribution in [3.8, 4) is 0 Å². The van der Waals surface area contributed by atoms with E-state index in [1.165, 1.54) is 18.4 Å². The molecule has 2 rings (SSSR count). The molecule has 1 nitrogen and oxygen atoms in total. The Kier molecular flexibility index (Phi) is 2.05. The molecule has 0 aromatic carbocycles. The second-order valence-corrected chi connectivity index (χ2v) is 4.92. The summed E-state index contributed by atoms with van der Waals surface area (Å²) >= 11 is 0. The molecule has 0 spiro atoms. The number of fused-ring (bicyclic) bond motifs is 2. The number of rotatable bonds is 0. The van der Waals surface area contributed by atoms with Gasteiger partial charge in [-0.25, -0.2) is 0 Å². The molecule has 0 unspecified atom stereocenters. The van der Waals surface area contributed by atoms with Crippen molar-refractivity contribution in [2.75, 3.05) is 0 Å². The van der Waals surface area contributed by atoms with Gasteiger partial charge in [-0.3, -0.25) is 4.79 Å². The third-order valence-corrected chi connectivity index (χ3v) is 3.57. The number of Topliss-reactive ketones (excluding diaryl/α,β-unsaturated/α-hetero) is 1. The molecule has 1 fully saturated rings. The molecule has 2 atom stereocenters. The first kappa shape index (κ1) is 8.98. The van der Waals surface area contributed by atoms with Crippen LogP contribution in [-0.4, -0.2) is 5.78 Å². The molecule has 0 heterocycles. The predicted octanol–water partition coefficient (Wildman–Crippen LogP) is 3.10. The Morgan fingerprint density at radius 3 is 3.00 bits per heavy atom. The Bertz CT molecular complexity index is 264. The van der Waals surface area contributed by atoms with Crippen LogP contribution in [0.25, 0.3) is 0 Å². The van der Waals surface area contributed by atoms with Crippen LogP contribution in [0, 0.1) is 11.3 Å². The zero-order valence-corrected chi connectivity index (χ0v) is 8.60. The van der Waals surface area contributed by atoms with E-state index >= 15 is 0 Å². The minimum absolute atomic E-state index is 0.108. The average Bonchev–Trinajstić information content (AvgIpc) is 2.18. The van der Waals surface area contributed by atoms with E-state index in [4.69, 9.17) is 0 Å². The maximum absolute atomic E-state index is 12.1. The maximum atomic E-state index is 12.1. The van der Waals surface area contributed by atoms with Crippen molar-refractivity contribution in [2.45, 2.75) is 46.0 Å². The fourth-order valence-electron chi connectivity index (χ4n) is 2.93. The van der Waals surface area contributed by atoms with E-state index in [0.29, 0.717) is 11.7 Å². The first-order valence-corrected chi connectivity index (χ1v) is 5.34. The number of carbonyl (C=O) groups is 1. The summed E-state index contributed by atoms with van der Waals surface area (Å²) in [6.07, 6.45) is 7.90. The Labute approximate surface area is 80.2 Å². The molecule has 2 aliphatic rings. The minimum atomic E-state index is -0.108. The largest absolute Gasteiger partial charge is 0.298 e. The van der Waals surface area contributed by atoms with Gasteiger partial charge >= 0.3 is 0 Å². The molecule has 2 aliphatic carbocycles. The highest BCUT2D eigenvalue weighted by Gasteiger charge is 2.40. The first-order valence-electron chi connectivity index (χ1n) is 5.34. The zero-order chi connectivity index (χ0) is 9.47. The fraction of sp³-hybridized carbons (Fsp3) is 0.750. The van der Waals surface area contributed by atoms with Gasteiger partial charge in [-0.15, -0.1) is 0 Å². The van der Waals surface area contributed by atoms with Crippen LogP contribution in [0.4, 0.5) is 0 Å². The fourth-order valence-corrected chi connectivity index (χ4v) is 2.93. The molecule has 1 heteroatoms. The van der Waals surface area contributed by atoms with Crippen molar-refractivity contribution in [3.05, 3.63) is 11.6 Å². The maximum Gasteiger partial charge on any atom is 0.145 e. The van der Waals surface area contributed by atoms with Gasteiger partial charge < -0.3 is 0 Å². The molecular formula is C12H18O. The van der Waals surface area contributed by atoms with Crippen LogP contribution < -0.4 is 0 Å². The summed E-state index contributed by atoms with van der Waals surface area (Å²) in [4.78, 5) is 12.1.